The molecule has 0 amide bonds. The Morgan fingerprint density at radius 1 is 0.718 bits per heavy atom. The zero-order valence-electron chi connectivity index (χ0n) is 22.6. The van der Waals surface area contributed by atoms with Crippen LogP contribution in [0.3, 0.4) is 0 Å². The molecule has 0 saturated carbocycles. The van der Waals surface area contributed by atoms with Gasteiger partial charge in [0.05, 0.1) is 6.61 Å². The van der Waals surface area contributed by atoms with E-state index in [1.165, 1.54) is 19.3 Å². The molecule has 39 heavy (non-hydrogen) atoms. The van der Waals surface area contributed by atoms with Gasteiger partial charge >= 0.3 is 176 Å². The molecule has 10 fully saturated rings. The predicted molar refractivity (Wildman–Crippen MR) is 143 cm³/mol. The molecule has 10 aliphatic rings. The molecule has 0 bridgehead atoms. The number of esters is 2. The van der Waals surface area contributed by atoms with Crippen LogP contribution in [-0.4, -0.2) is 18.5 Å². The minimum atomic E-state index is -3.76. The third-order valence-corrected chi connectivity index (χ3v) is 63.1. The quantitative estimate of drug-likeness (QED) is 0.111. The third kappa shape index (κ3) is 0.545. The number of carbonyl (C=O) groups is 2. The van der Waals surface area contributed by atoms with Gasteiger partial charge in [0.2, 0.25) is 0 Å². The number of carbonyl (C=O) groups excluding carboxylic acids is 2. The summed E-state index contributed by atoms with van der Waals surface area (Å²) < 4.78 is 18.4. The van der Waals surface area contributed by atoms with Crippen molar-refractivity contribution < 1.29 is 30.3 Å². The summed E-state index contributed by atoms with van der Waals surface area (Å²) in [5, 5.41) is 0. The fourth-order valence-corrected chi connectivity index (χ4v) is 97.5. The van der Waals surface area contributed by atoms with Crippen LogP contribution < -0.4 is 14.2 Å². The Morgan fingerprint density at radius 3 is 1.85 bits per heavy atom. The summed E-state index contributed by atoms with van der Waals surface area (Å²) in [6, 6.07) is 14.2. The normalized spacial score (nSPS) is 59.9. The fraction of sp³-hybridized carbons (Fsp3) is 0.576. The standard InChI is InChI=1S/C24H23O5.C9H13.Fe/c1-2-3-6-17-27-20-11-9-19(10-12-20)24(26)29-22-15-13-21(14-16-22)28-23(25)18-7-4-5-8-18;1-2-3-6-9-7-4-5-8-9;/h4-5,7-16H,2-3,6,17H2,1H3;4-5,7-8H,2-3,6H2,1H3;. The van der Waals surface area contributed by atoms with E-state index in [9.17, 15) is 9.59 Å². The molecule has 12 rings (SSSR count). The first-order chi connectivity index (χ1) is 18.8. The molecule has 2 aromatic rings. The van der Waals surface area contributed by atoms with Crippen molar-refractivity contribution in [1.29, 1.82) is 0 Å². The van der Waals surface area contributed by atoms with Crippen LogP contribution >= 0.6 is 0 Å². The summed E-state index contributed by atoms with van der Waals surface area (Å²) in [6.45, 7) is 1.42. The second kappa shape index (κ2) is 3.27. The Balaban J connectivity index is 0.761. The van der Waals surface area contributed by atoms with Crippen LogP contribution in [0.1, 0.15) is 62.7 Å². The Kier molecular flexibility index (Phi) is 1.72. The van der Waals surface area contributed by atoms with Crippen LogP contribution in [0, 0.1) is 0 Å². The number of rotatable bonds is 12. The fourth-order valence-electron chi connectivity index (χ4n) is 20.9. The Bertz CT molecular complexity index is 1930. The molecule has 206 valence electrons. The van der Waals surface area contributed by atoms with Gasteiger partial charge in [0.1, 0.15) is 5.75 Å². The van der Waals surface area contributed by atoms with E-state index in [4.69, 9.17) is 14.2 Å². The van der Waals surface area contributed by atoms with Crippen molar-refractivity contribution in [2.45, 2.75) is 99.5 Å². The summed E-state index contributed by atoms with van der Waals surface area (Å²) in [5.74, 6) is 1.58. The van der Waals surface area contributed by atoms with Crippen molar-refractivity contribution in [3.05, 3.63) is 54.1 Å². The summed E-state index contributed by atoms with van der Waals surface area (Å²) in [6.07, 6.45) is 7.46. The molecule has 10 aliphatic heterocycles. The molecule has 8 unspecified atom stereocenters. The molecule has 0 N–H and O–H groups in total. The maximum atomic E-state index is 14.1. The topological polar surface area (TPSA) is 61.8 Å². The van der Waals surface area contributed by atoms with Gasteiger partial charge in [-0.05, 0) is 6.42 Å². The summed E-state index contributed by atoms with van der Waals surface area (Å²) in [7, 11) is 0. The molecule has 0 aromatic heterocycles. The van der Waals surface area contributed by atoms with Gasteiger partial charge < -0.3 is 4.74 Å². The molecule has 2 aromatic carbocycles. The number of benzene rings is 2. The van der Waals surface area contributed by atoms with E-state index in [1.807, 2.05) is 12.1 Å². The van der Waals surface area contributed by atoms with E-state index in [-0.39, 0.29) is 10.3 Å². The van der Waals surface area contributed by atoms with Crippen molar-refractivity contribution in [2.24, 2.45) is 0 Å². The molecule has 0 aliphatic carbocycles. The number of ether oxygens (including phenoxy) is 3. The van der Waals surface area contributed by atoms with Crippen LogP contribution in [0.4, 0.5) is 0 Å². The van der Waals surface area contributed by atoms with Gasteiger partial charge in [-0.3, -0.25) is 0 Å². The minimum absolute atomic E-state index is 0.0686. The van der Waals surface area contributed by atoms with Crippen molar-refractivity contribution in [3.8, 4) is 17.2 Å². The van der Waals surface area contributed by atoms with Crippen LogP contribution in [-0.2, 0) is 11.3 Å². The van der Waals surface area contributed by atoms with E-state index < -0.39 is 12.5 Å². The zero-order valence-corrected chi connectivity index (χ0v) is 23.7. The van der Waals surface area contributed by atoms with Gasteiger partial charge in [-0.25, -0.2) is 0 Å². The monoisotopic (exact) mass is 568 g/mol. The van der Waals surface area contributed by atoms with Gasteiger partial charge in [-0.2, -0.15) is 0 Å². The first-order valence-corrected chi connectivity index (χ1v) is 21.5. The van der Waals surface area contributed by atoms with E-state index in [2.05, 4.69) is 13.8 Å². The average molecular weight is 568 g/mol. The first kappa shape index (κ1) is 20.6. The van der Waals surface area contributed by atoms with E-state index in [0.717, 1.165) is 67.9 Å². The van der Waals surface area contributed by atoms with Crippen molar-refractivity contribution in [2.75, 3.05) is 6.61 Å². The van der Waals surface area contributed by atoms with Crippen LogP contribution in [0.2, 0.25) is 47.2 Å². The molecule has 6 heteroatoms. The predicted octanol–water partition coefficient (Wildman–Crippen LogP) is 8.70. The SMILES string of the molecule is CCCCCOc1ccc(C(=O)Oc2ccc(OC(=O)[C]34[CH]5[CH]6[CH]7[CH]3[Fe]6754389%10[CH]4[CH]3[CH]8[C]9(CCCC)[CH]4%10)cc2)cc1. The van der Waals surface area contributed by atoms with Gasteiger partial charge in [-0.15, -0.1) is 0 Å². The molecular weight excluding hydrogens is 532 g/mol. The van der Waals surface area contributed by atoms with E-state index >= 15 is 0 Å². The number of fused-ring (bicyclic) bond motifs is 10. The summed E-state index contributed by atoms with van der Waals surface area (Å²) >= 11 is 0. The number of unbranched alkanes of at least 4 members (excludes halogenated alkanes) is 3. The second-order valence-corrected chi connectivity index (χ2v) is 39.7. The molecule has 5 nitrogen and oxygen atoms in total. The molecule has 8 atom stereocenters. The summed E-state index contributed by atoms with van der Waals surface area (Å²) in [4.78, 5) is 35.0. The molecule has 1 spiro atoms. The van der Waals surface area contributed by atoms with Crippen LogP contribution in [0.25, 0.3) is 0 Å². The molecule has 0 radical (unpaired) electrons. The van der Waals surface area contributed by atoms with Crippen molar-refractivity contribution >= 4 is 11.9 Å². The van der Waals surface area contributed by atoms with Crippen molar-refractivity contribution in [3.63, 3.8) is 0 Å². The number of hydrogen-bond acceptors (Lipinski definition) is 5. The number of hydrogen-bond donors (Lipinski definition) is 0. The second-order valence-electron chi connectivity index (χ2n) is 16.4. The Hall–Kier alpha value is -2.30. The maximum absolute atomic E-state index is 14.1. The average Bonchev–Trinajstić information content (AvgIpc) is 3.90. The van der Waals surface area contributed by atoms with Gasteiger partial charge in [-0.1, -0.05) is 19.8 Å². The van der Waals surface area contributed by atoms with Gasteiger partial charge in [0.25, 0.3) is 0 Å². The molecular formula is C33H36FeO5. The summed E-state index contributed by atoms with van der Waals surface area (Å²) in [5.41, 5.74) is 0.478. The Labute approximate surface area is 219 Å². The van der Waals surface area contributed by atoms with Crippen LogP contribution in [0.15, 0.2) is 48.5 Å². The van der Waals surface area contributed by atoms with Gasteiger partial charge in [0, 0.05) is 0 Å². The Morgan fingerprint density at radius 2 is 1.28 bits per heavy atom. The zero-order chi connectivity index (χ0) is 26.1. The third-order valence-electron chi connectivity index (χ3n) is 19.7. The van der Waals surface area contributed by atoms with E-state index in [1.54, 1.807) is 36.4 Å². The van der Waals surface area contributed by atoms with Gasteiger partial charge in [0.15, 0.2) is 0 Å². The van der Waals surface area contributed by atoms with E-state index in [0.29, 0.717) is 23.7 Å². The molecule has 10 saturated heterocycles. The van der Waals surface area contributed by atoms with Crippen LogP contribution in [0.5, 0.6) is 17.2 Å². The first-order valence-electron chi connectivity index (χ1n) is 15.3. The van der Waals surface area contributed by atoms with Crippen molar-refractivity contribution in [1.82, 2.24) is 0 Å². The molecule has 10 heterocycles.